The number of hydrogen-bond donors (Lipinski definition) is 0. The molecule has 0 amide bonds. The molecule has 1 unspecified atom stereocenters. The van der Waals surface area contributed by atoms with E-state index in [1.54, 1.807) is 6.07 Å². The lowest BCUT2D eigenvalue weighted by Gasteiger charge is -2.13. The summed E-state index contributed by atoms with van der Waals surface area (Å²) in [6, 6.07) is 3.20. The van der Waals surface area contributed by atoms with Crippen LogP contribution in [0.15, 0.2) is 12.1 Å². The quantitative estimate of drug-likeness (QED) is 0.783. The molecule has 0 radical (unpaired) electrons. The highest BCUT2D eigenvalue weighted by Crippen LogP contribution is 2.30. The number of aromatic nitrogens is 2. The van der Waals surface area contributed by atoms with Gasteiger partial charge in [-0.25, -0.2) is 9.37 Å². The third-order valence-corrected chi connectivity index (χ3v) is 5.30. The molecule has 1 atom stereocenters. The number of fused-ring (bicyclic) bond motifs is 1. The summed E-state index contributed by atoms with van der Waals surface area (Å²) in [5.41, 5.74) is 1.62. The maximum absolute atomic E-state index is 13.8. The van der Waals surface area contributed by atoms with Gasteiger partial charge in [0.15, 0.2) is 11.6 Å². The third kappa shape index (κ3) is 2.99. The number of nitrogens with zero attached hydrogens (tertiary/aromatic N) is 2. The largest absolute Gasteiger partial charge is 0.494 e. The Bertz CT molecular complexity index is 640. The van der Waals surface area contributed by atoms with Crippen molar-refractivity contribution in [1.82, 2.24) is 9.55 Å². The summed E-state index contributed by atoms with van der Waals surface area (Å²) in [6.45, 7) is 0.921. The molecule has 1 aliphatic rings. The van der Waals surface area contributed by atoms with Gasteiger partial charge in [-0.05, 0) is 23.8 Å². The van der Waals surface area contributed by atoms with E-state index >= 15 is 0 Å². The molecule has 1 aromatic heterocycles. The summed E-state index contributed by atoms with van der Waals surface area (Å²) in [4.78, 5) is 4.56. The van der Waals surface area contributed by atoms with Gasteiger partial charge in [0.25, 0.3) is 0 Å². The number of rotatable bonds is 5. The molecular weight excluding hydrogens is 311 g/mol. The summed E-state index contributed by atoms with van der Waals surface area (Å²) in [6.07, 6.45) is 1.92. The Kier molecular flexibility index (Phi) is 4.60. The minimum absolute atomic E-state index is 0.266. The second-order valence-electron chi connectivity index (χ2n) is 5.28. The Morgan fingerprint density at radius 2 is 2.38 bits per heavy atom. The van der Waals surface area contributed by atoms with E-state index in [2.05, 4.69) is 9.55 Å². The standard InChI is InChI=1S/C15H18ClFN2OS/c1-20-14-7-13-12(6-11(14)17)18-15(2-4-16)19(13)8-10-3-5-21-9-10/h6-7,10H,2-5,8-9H2,1H3. The van der Waals surface area contributed by atoms with E-state index in [0.29, 0.717) is 23.7 Å². The zero-order valence-electron chi connectivity index (χ0n) is 11.9. The fourth-order valence-electron chi connectivity index (χ4n) is 2.80. The molecule has 0 bridgehead atoms. The number of alkyl halides is 1. The van der Waals surface area contributed by atoms with E-state index in [-0.39, 0.29) is 11.6 Å². The first-order valence-corrected chi connectivity index (χ1v) is 8.78. The minimum Gasteiger partial charge on any atom is -0.494 e. The summed E-state index contributed by atoms with van der Waals surface area (Å²) in [5, 5.41) is 0. The van der Waals surface area contributed by atoms with Gasteiger partial charge in [-0.15, -0.1) is 11.6 Å². The van der Waals surface area contributed by atoms with Gasteiger partial charge >= 0.3 is 0 Å². The van der Waals surface area contributed by atoms with E-state index in [1.165, 1.54) is 31.1 Å². The van der Waals surface area contributed by atoms with Crippen LogP contribution in [-0.2, 0) is 13.0 Å². The van der Waals surface area contributed by atoms with Crippen molar-refractivity contribution in [3.63, 3.8) is 0 Å². The van der Waals surface area contributed by atoms with Gasteiger partial charge in [0.05, 0.1) is 18.1 Å². The third-order valence-electron chi connectivity index (χ3n) is 3.88. The molecule has 1 fully saturated rings. The topological polar surface area (TPSA) is 27.1 Å². The summed E-state index contributed by atoms with van der Waals surface area (Å²) in [5.74, 6) is 4.40. The molecule has 1 saturated heterocycles. The van der Waals surface area contributed by atoms with Gasteiger partial charge < -0.3 is 9.30 Å². The van der Waals surface area contributed by atoms with Crippen molar-refractivity contribution < 1.29 is 9.13 Å². The van der Waals surface area contributed by atoms with Crippen molar-refractivity contribution in [2.45, 2.75) is 19.4 Å². The molecule has 0 saturated carbocycles. The first kappa shape index (κ1) is 15.0. The van der Waals surface area contributed by atoms with Crippen molar-refractivity contribution in [2.75, 3.05) is 24.5 Å². The molecule has 21 heavy (non-hydrogen) atoms. The molecule has 1 aromatic carbocycles. The molecular formula is C15H18ClFN2OS. The highest BCUT2D eigenvalue weighted by atomic mass is 35.5. The summed E-state index contributed by atoms with van der Waals surface area (Å²) >= 11 is 7.88. The van der Waals surface area contributed by atoms with Crippen LogP contribution in [0, 0.1) is 11.7 Å². The molecule has 0 spiro atoms. The van der Waals surface area contributed by atoms with Crippen LogP contribution in [0.25, 0.3) is 11.0 Å². The van der Waals surface area contributed by atoms with Crippen LogP contribution >= 0.6 is 23.4 Å². The SMILES string of the molecule is COc1cc2c(cc1F)nc(CCCl)n2CC1CCSC1. The Morgan fingerprint density at radius 1 is 1.52 bits per heavy atom. The van der Waals surface area contributed by atoms with Crippen LogP contribution in [0.3, 0.4) is 0 Å². The molecule has 3 nitrogen and oxygen atoms in total. The molecule has 0 aliphatic carbocycles. The van der Waals surface area contributed by atoms with Crippen molar-refractivity contribution in [2.24, 2.45) is 5.92 Å². The Morgan fingerprint density at radius 3 is 3.05 bits per heavy atom. The molecule has 1 aliphatic heterocycles. The molecule has 2 aromatic rings. The molecule has 3 rings (SSSR count). The van der Waals surface area contributed by atoms with Crippen LogP contribution in [0.2, 0.25) is 0 Å². The second kappa shape index (κ2) is 6.44. The second-order valence-corrected chi connectivity index (χ2v) is 6.81. The smallest absolute Gasteiger partial charge is 0.167 e. The van der Waals surface area contributed by atoms with Gasteiger partial charge in [-0.3, -0.25) is 0 Å². The number of methoxy groups -OCH3 is 1. The highest BCUT2D eigenvalue weighted by Gasteiger charge is 2.20. The maximum atomic E-state index is 13.8. The summed E-state index contributed by atoms with van der Waals surface area (Å²) in [7, 11) is 1.48. The molecule has 2 heterocycles. The molecule has 114 valence electrons. The monoisotopic (exact) mass is 328 g/mol. The zero-order valence-corrected chi connectivity index (χ0v) is 13.5. The number of ether oxygens (including phenoxy) is 1. The minimum atomic E-state index is -0.372. The van der Waals surface area contributed by atoms with Gasteiger partial charge in [-0.2, -0.15) is 11.8 Å². The number of thioether (sulfide) groups is 1. The average Bonchev–Trinajstić information content (AvgIpc) is 3.08. The number of halogens is 2. The molecule has 0 N–H and O–H groups in total. The van der Waals surface area contributed by atoms with E-state index in [0.717, 1.165) is 17.9 Å². The number of aryl methyl sites for hydroxylation is 1. The maximum Gasteiger partial charge on any atom is 0.167 e. The lowest BCUT2D eigenvalue weighted by molar-refractivity contribution is 0.387. The Balaban J connectivity index is 2.05. The van der Waals surface area contributed by atoms with Crippen molar-refractivity contribution in [3.05, 3.63) is 23.8 Å². The number of imidazole rings is 1. The predicted octanol–water partition coefficient (Wildman–Crippen LogP) is 3.72. The van der Waals surface area contributed by atoms with Crippen molar-refractivity contribution in [3.8, 4) is 5.75 Å². The lowest BCUT2D eigenvalue weighted by Crippen LogP contribution is -2.13. The Labute approximate surface area is 132 Å². The first-order chi connectivity index (χ1) is 10.2. The van der Waals surface area contributed by atoms with Gasteiger partial charge in [0.2, 0.25) is 0 Å². The van der Waals surface area contributed by atoms with Crippen molar-refractivity contribution >= 4 is 34.4 Å². The fourth-order valence-corrected chi connectivity index (χ4v) is 4.24. The van der Waals surface area contributed by atoms with E-state index < -0.39 is 0 Å². The van der Waals surface area contributed by atoms with Gasteiger partial charge in [-0.1, -0.05) is 0 Å². The van der Waals surface area contributed by atoms with E-state index in [9.17, 15) is 4.39 Å². The van der Waals surface area contributed by atoms with Crippen LogP contribution in [0.4, 0.5) is 4.39 Å². The highest BCUT2D eigenvalue weighted by molar-refractivity contribution is 7.99. The Hall–Kier alpha value is -0.940. The van der Waals surface area contributed by atoms with Crippen LogP contribution in [-0.4, -0.2) is 34.0 Å². The van der Waals surface area contributed by atoms with Crippen LogP contribution < -0.4 is 4.74 Å². The molecule has 6 heteroatoms. The van der Waals surface area contributed by atoms with E-state index in [4.69, 9.17) is 16.3 Å². The van der Waals surface area contributed by atoms with Gasteiger partial charge in [0.1, 0.15) is 5.82 Å². The lowest BCUT2D eigenvalue weighted by atomic mass is 10.1. The normalized spacial score (nSPS) is 18.5. The van der Waals surface area contributed by atoms with Crippen LogP contribution in [0.5, 0.6) is 5.75 Å². The fraction of sp³-hybridized carbons (Fsp3) is 0.533. The average molecular weight is 329 g/mol. The first-order valence-electron chi connectivity index (χ1n) is 7.09. The summed E-state index contributed by atoms with van der Waals surface area (Å²) < 4.78 is 21.1. The number of hydrogen-bond acceptors (Lipinski definition) is 3. The van der Waals surface area contributed by atoms with Crippen LogP contribution in [0.1, 0.15) is 12.2 Å². The zero-order chi connectivity index (χ0) is 14.8. The number of benzene rings is 1. The predicted molar refractivity (Wildman–Crippen MR) is 86.1 cm³/mol. The van der Waals surface area contributed by atoms with E-state index in [1.807, 2.05) is 11.8 Å². The van der Waals surface area contributed by atoms with Crippen molar-refractivity contribution in [1.29, 1.82) is 0 Å². The van der Waals surface area contributed by atoms with Gasteiger partial charge in [0, 0.05) is 31.0 Å².